The first kappa shape index (κ1) is 17.1. The van der Waals surface area contributed by atoms with E-state index >= 15 is 0 Å². The van der Waals surface area contributed by atoms with E-state index in [0.29, 0.717) is 0 Å². The number of nitrogens with one attached hydrogen (secondary N) is 1. The lowest BCUT2D eigenvalue weighted by molar-refractivity contribution is 0.600. The molecular weight excluding hydrogens is 369 g/mol. The van der Waals surface area contributed by atoms with Crippen molar-refractivity contribution in [2.45, 2.75) is 9.79 Å². The molecule has 2 aromatic rings. The van der Waals surface area contributed by atoms with Crippen LogP contribution in [0.15, 0.2) is 52.3 Å². The molecule has 0 amide bonds. The molecule has 0 aromatic heterocycles. The van der Waals surface area contributed by atoms with Gasteiger partial charge in [0.05, 0.1) is 19.8 Å². The minimum absolute atomic E-state index is 0.0471. The van der Waals surface area contributed by atoms with Crippen molar-refractivity contribution in [3.63, 3.8) is 0 Å². The van der Waals surface area contributed by atoms with Crippen molar-refractivity contribution in [1.29, 1.82) is 0 Å². The van der Waals surface area contributed by atoms with Gasteiger partial charge in [0.2, 0.25) is 0 Å². The molecule has 0 heterocycles. The Labute approximate surface area is 138 Å². The zero-order chi connectivity index (χ0) is 16.5. The largest absolute Gasteiger partial charge is 0.280 e. The third kappa shape index (κ3) is 3.92. The Balaban J connectivity index is 2.30. The van der Waals surface area contributed by atoms with Crippen LogP contribution in [0.5, 0.6) is 0 Å². The van der Waals surface area contributed by atoms with Crippen LogP contribution in [-0.4, -0.2) is 23.1 Å². The topological polar surface area (TPSA) is 80.3 Å². The summed E-state index contributed by atoms with van der Waals surface area (Å²) in [6.45, 7) is 0. The number of rotatable bonds is 4. The van der Waals surface area contributed by atoms with Crippen molar-refractivity contribution in [3.8, 4) is 0 Å². The highest BCUT2D eigenvalue weighted by Crippen LogP contribution is 2.26. The summed E-state index contributed by atoms with van der Waals surface area (Å²) in [4.78, 5) is 0.0547. The van der Waals surface area contributed by atoms with E-state index in [1.165, 1.54) is 42.5 Å². The fourth-order valence-corrected chi connectivity index (χ4v) is 3.71. The van der Waals surface area contributed by atoms with Gasteiger partial charge in [-0.25, -0.2) is 16.8 Å². The van der Waals surface area contributed by atoms with Gasteiger partial charge in [-0.1, -0.05) is 23.2 Å². The highest BCUT2D eigenvalue weighted by Gasteiger charge is 2.16. The molecule has 0 saturated carbocycles. The highest BCUT2D eigenvalue weighted by molar-refractivity contribution is 7.92. The number of hydrogen-bond donors (Lipinski definition) is 1. The Morgan fingerprint density at radius 2 is 1.36 bits per heavy atom. The van der Waals surface area contributed by atoms with Gasteiger partial charge >= 0.3 is 0 Å². The Morgan fingerprint density at radius 3 is 1.86 bits per heavy atom. The molecule has 0 spiro atoms. The number of anilines is 1. The Morgan fingerprint density at radius 1 is 0.818 bits per heavy atom. The maximum atomic E-state index is 12.2. The second-order valence-electron chi connectivity index (χ2n) is 4.48. The summed E-state index contributed by atoms with van der Waals surface area (Å²) >= 11 is 11.5. The molecule has 0 aliphatic rings. The summed E-state index contributed by atoms with van der Waals surface area (Å²) < 4.78 is 49.5. The van der Waals surface area contributed by atoms with E-state index < -0.39 is 19.9 Å². The summed E-state index contributed by atoms with van der Waals surface area (Å²) in [5.41, 5.74) is 0.235. The molecular formula is C13H11Cl2NO4S2. The molecule has 1 N–H and O–H groups in total. The number of sulfone groups is 1. The molecule has 0 unspecified atom stereocenters. The summed E-state index contributed by atoms with van der Waals surface area (Å²) in [6, 6.07) is 9.31. The first-order valence-electron chi connectivity index (χ1n) is 5.87. The highest BCUT2D eigenvalue weighted by atomic mass is 35.5. The van der Waals surface area contributed by atoms with Gasteiger partial charge in [0.1, 0.15) is 0 Å². The lowest BCUT2D eigenvalue weighted by Crippen LogP contribution is -2.13. The lowest BCUT2D eigenvalue weighted by atomic mass is 10.3. The standard InChI is InChI=1S/C13H11Cl2NO4S2/c1-21(17,18)10-4-2-9(3-5-10)16-22(19,20)11-6-7-12(14)13(15)8-11/h2-8,16H,1H3. The van der Waals surface area contributed by atoms with E-state index in [1.54, 1.807) is 0 Å². The van der Waals surface area contributed by atoms with Crippen LogP contribution in [0.3, 0.4) is 0 Å². The van der Waals surface area contributed by atoms with Crippen LogP contribution in [0.2, 0.25) is 10.0 Å². The third-order valence-corrected chi connectivity index (χ3v) is 5.98. The first-order chi connectivity index (χ1) is 10.1. The molecule has 0 bridgehead atoms. The van der Waals surface area contributed by atoms with Crippen LogP contribution in [0.1, 0.15) is 0 Å². The average Bonchev–Trinajstić information content (AvgIpc) is 2.41. The fourth-order valence-electron chi connectivity index (χ4n) is 1.63. The zero-order valence-corrected chi connectivity index (χ0v) is 14.4. The van der Waals surface area contributed by atoms with Crippen LogP contribution < -0.4 is 4.72 Å². The number of benzene rings is 2. The quantitative estimate of drug-likeness (QED) is 0.884. The fraction of sp³-hybridized carbons (Fsp3) is 0.0769. The van der Waals surface area contributed by atoms with Crippen molar-refractivity contribution < 1.29 is 16.8 Å². The second-order valence-corrected chi connectivity index (χ2v) is 8.99. The van der Waals surface area contributed by atoms with Crippen molar-refractivity contribution in [2.75, 3.05) is 11.0 Å². The van der Waals surface area contributed by atoms with Gasteiger partial charge in [0.25, 0.3) is 10.0 Å². The van der Waals surface area contributed by atoms with Crippen molar-refractivity contribution in [1.82, 2.24) is 0 Å². The zero-order valence-electron chi connectivity index (χ0n) is 11.2. The van der Waals surface area contributed by atoms with Gasteiger partial charge in [-0.3, -0.25) is 4.72 Å². The maximum absolute atomic E-state index is 12.2. The Kier molecular flexibility index (Phi) is 4.72. The van der Waals surface area contributed by atoms with E-state index in [4.69, 9.17) is 23.2 Å². The second kappa shape index (κ2) is 6.08. The Bertz CT molecular complexity index is 908. The molecule has 2 rings (SSSR count). The normalized spacial score (nSPS) is 12.1. The molecule has 2 aromatic carbocycles. The number of hydrogen-bond acceptors (Lipinski definition) is 4. The SMILES string of the molecule is CS(=O)(=O)c1ccc(NS(=O)(=O)c2ccc(Cl)c(Cl)c2)cc1. The molecule has 0 radical (unpaired) electrons. The predicted octanol–water partition coefficient (Wildman–Crippen LogP) is 3.20. The van der Waals surface area contributed by atoms with E-state index in [9.17, 15) is 16.8 Å². The van der Waals surface area contributed by atoms with E-state index in [0.717, 1.165) is 6.26 Å². The molecule has 9 heteroatoms. The lowest BCUT2D eigenvalue weighted by Gasteiger charge is -2.09. The number of sulfonamides is 1. The van der Waals surface area contributed by atoms with Crippen LogP contribution in [0.4, 0.5) is 5.69 Å². The maximum Gasteiger partial charge on any atom is 0.261 e. The van der Waals surface area contributed by atoms with Gasteiger partial charge in [-0.05, 0) is 42.5 Å². The minimum atomic E-state index is -3.84. The van der Waals surface area contributed by atoms with Crippen molar-refractivity contribution in [3.05, 3.63) is 52.5 Å². The van der Waals surface area contributed by atoms with E-state index in [2.05, 4.69) is 4.72 Å². The smallest absolute Gasteiger partial charge is 0.261 e. The predicted molar refractivity (Wildman–Crippen MR) is 86.8 cm³/mol. The van der Waals surface area contributed by atoms with Gasteiger partial charge in [0, 0.05) is 11.9 Å². The van der Waals surface area contributed by atoms with Gasteiger partial charge in [-0.2, -0.15) is 0 Å². The van der Waals surface area contributed by atoms with Gasteiger partial charge < -0.3 is 0 Å². The molecule has 0 saturated heterocycles. The summed E-state index contributed by atoms with van der Waals surface area (Å²) in [5.74, 6) is 0. The van der Waals surface area contributed by atoms with Crippen LogP contribution >= 0.6 is 23.2 Å². The van der Waals surface area contributed by atoms with Crippen molar-refractivity contribution in [2.24, 2.45) is 0 Å². The van der Waals surface area contributed by atoms with Crippen molar-refractivity contribution >= 4 is 48.7 Å². The van der Waals surface area contributed by atoms with E-state index in [1.807, 2.05) is 0 Å². The molecule has 0 aliphatic heterocycles. The Hall–Kier alpha value is -1.28. The third-order valence-electron chi connectivity index (χ3n) is 2.74. The van der Waals surface area contributed by atoms with Gasteiger partial charge in [-0.15, -0.1) is 0 Å². The molecule has 0 atom stereocenters. The molecule has 5 nitrogen and oxygen atoms in total. The van der Waals surface area contributed by atoms with Gasteiger partial charge in [0.15, 0.2) is 9.84 Å². The molecule has 0 fully saturated rings. The first-order valence-corrected chi connectivity index (χ1v) is 10.0. The summed E-state index contributed by atoms with van der Waals surface area (Å²) in [5, 5.41) is 0.370. The molecule has 0 aliphatic carbocycles. The number of halogens is 2. The average molecular weight is 380 g/mol. The monoisotopic (exact) mass is 379 g/mol. The summed E-state index contributed by atoms with van der Waals surface area (Å²) in [6.07, 6.45) is 1.07. The molecule has 22 heavy (non-hydrogen) atoms. The molecule has 118 valence electrons. The minimum Gasteiger partial charge on any atom is -0.280 e. The van der Waals surface area contributed by atoms with Crippen LogP contribution in [-0.2, 0) is 19.9 Å². The van der Waals surface area contributed by atoms with E-state index in [-0.39, 0.29) is 25.5 Å². The van der Waals surface area contributed by atoms with Crippen LogP contribution in [0.25, 0.3) is 0 Å². The van der Waals surface area contributed by atoms with Crippen LogP contribution in [0, 0.1) is 0 Å². The summed E-state index contributed by atoms with van der Waals surface area (Å²) in [7, 11) is -7.18.